The fourth-order valence-corrected chi connectivity index (χ4v) is 3.06. The van der Waals surface area contributed by atoms with E-state index < -0.39 is 0 Å². The Morgan fingerprint density at radius 2 is 2.11 bits per heavy atom. The van der Waals surface area contributed by atoms with E-state index in [2.05, 4.69) is 33.1 Å². The number of piperidine rings is 1. The molecule has 1 fully saturated rings. The summed E-state index contributed by atoms with van der Waals surface area (Å²) in [5, 5.41) is 4.41. The number of hydrogen-bond donors (Lipinski definition) is 1. The molecule has 2 nitrogen and oxygen atoms in total. The molecule has 1 aliphatic heterocycles. The molecule has 0 spiro atoms. The molecule has 0 aromatic heterocycles. The van der Waals surface area contributed by atoms with Crippen molar-refractivity contribution in [3.05, 3.63) is 27.7 Å². The summed E-state index contributed by atoms with van der Waals surface area (Å²) in [6.07, 6.45) is 3.62. The molecule has 0 amide bonds. The van der Waals surface area contributed by atoms with Gasteiger partial charge in [-0.1, -0.05) is 18.5 Å². The average Bonchev–Trinajstić information content (AvgIpc) is 2.40. The quantitative estimate of drug-likeness (QED) is 0.894. The third-order valence-electron chi connectivity index (χ3n) is 3.43. The Hall–Kier alpha value is -0.250. The maximum Gasteiger partial charge on any atom is 0.0525 e. The second-order valence-electron chi connectivity index (χ2n) is 4.81. The van der Waals surface area contributed by atoms with Crippen LogP contribution in [-0.4, -0.2) is 25.7 Å². The van der Waals surface area contributed by atoms with E-state index in [1.165, 1.54) is 24.9 Å². The minimum absolute atomic E-state index is 0.680. The summed E-state index contributed by atoms with van der Waals surface area (Å²) < 4.78 is 1.13. The van der Waals surface area contributed by atoms with Gasteiger partial charge in [-0.3, -0.25) is 0 Å². The highest BCUT2D eigenvalue weighted by Crippen LogP contribution is 2.31. The van der Waals surface area contributed by atoms with Gasteiger partial charge in [-0.15, -0.1) is 0 Å². The Morgan fingerprint density at radius 1 is 1.39 bits per heavy atom. The zero-order valence-electron chi connectivity index (χ0n) is 10.8. The normalized spacial score (nSPS) is 17.2. The lowest BCUT2D eigenvalue weighted by molar-refractivity contribution is 0.416. The molecule has 0 saturated carbocycles. The maximum atomic E-state index is 6.07. The molecule has 1 aromatic rings. The first-order valence-electron chi connectivity index (χ1n) is 6.64. The van der Waals surface area contributed by atoms with E-state index in [4.69, 9.17) is 11.6 Å². The first-order chi connectivity index (χ1) is 8.70. The highest BCUT2D eigenvalue weighted by Gasteiger charge is 2.20. The molecule has 0 unspecified atom stereocenters. The Morgan fingerprint density at radius 3 is 2.78 bits per heavy atom. The van der Waals surface area contributed by atoms with Crippen molar-refractivity contribution in [3.8, 4) is 0 Å². The van der Waals surface area contributed by atoms with Gasteiger partial charge in [0.25, 0.3) is 0 Å². The van der Waals surface area contributed by atoms with Crippen LogP contribution in [0.5, 0.6) is 0 Å². The first kappa shape index (κ1) is 14.2. The van der Waals surface area contributed by atoms with Crippen molar-refractivity contribution in [1.29, 1.82) is 0 Å². The molecule has 0 atom stereocenters. The number of nitrogens with one attached hydrogen (secondary N) is 1. The van der Waals surface area contributed by atoms with Gasteiger partial charge in [-0.25, -0.2) is 0 Å². The van der Waals surface area contributed by atoms with E-state index in [0.717, 1.165) is 29.1 Å². The zero-order chi connectivity index (χ0) is 13.0. The van der Waals surface area contributed by atoms with E-state index in [9.17, 15) is 0 Å². The van der Waals surface area contributed by atoms with Gasteiger partial charge in [0.15, 0.2) is 0 Å². The Balaban J connectivity index is 1.94. The van der Waals surface area contributed by atoms with E-state index in [-0.39, 0.29) is 0 Å². The van der Waals surface area contributed by atoms with Crippen LogP contribution >= 0.6 is 27.5 Å². The highest BCUT2D eigenvalue weighted by molar-refractivity contribution is 9.10. The summed E-state index contributed by atoms with van der Waals surface area (Å²) in [6, 6.07) is 6.68. The molecule has 0 radical (unpaired) electrons. The van der Waals surface area contributed by atoms with Crippen LogP contribution in [-0.2, 0) is 0 Å². The Labute approximate surface area is 123 Å². The summed E-state index contributed by atoms with van der Waals surface area (Å²) in [4.78, 5) is 2.42. The van der Waals surface area contributed by atoms with Gasteiger partial charge < -0.3 is 10.2 Å². The molecule has 1 N–H and O–H groups in total. The predicted molar refractivity (Wildman–Crippen MR) is 82.7 cm³/mol. The SMILES string of the molecule is CCCNC1CCN(c2cc(Cl)ccc2Br)CC1. The van der Waals surface area contributed by atoms with Crippen molar-refractivity contribution < 1.29 is 0 Å². The molecule has 1 saturated heterocycles. The highest BCUT2D eigenvalue weighted by atomic mass is 79.9. The molecule has 1 aromatic carbocycles. The van der Waals surface area contributed by atoms with Gasteiger partial charge in [0.1, 0.15) is 0 Å². The third-order valence-corrected chi connectivity index (χ3v) is 4.33. The van der Waals surface area contributed by atoms with Crippen molar-refractivity contribution in [2.45, 2.75) is 32.2 Å². The minimum atomic E-state index is 0.680. The van der Waals surface area contributed by atoms with Crippen molar-refractivity contribution in [2.24, 2.45) is 0 Å². The smallest absolute Gasteiger partial charge is 0.0525 e. The van der Waals surface area contributed by atoms with E-state index in [0.29, 0.717) is 6.04 Å². The van der Waals surface area contributed by atoms with Crippen LogP contribution in [0.1, 0.15) is 26.2 Å². The summed E-state index contributed by atoms with van der Waals surface area (Å²) in [6.45, 7) is 5.54. The van der Waals surface area contributed by atoms with Crippen LogP contribution in [0.15, 0.2) is 22.7 Å². The molecule has 100 valence electrons. The summed E-state index contributed by atoms with van der Waals surface area (Å²) in [5.74, 6) is 0. The van der Waals surface area contributed by atoms with Crippen LogP contribution < -0.4 is 10.2 Å². The third kappa shape index (κ3) is 3.62. The lowest BCUT2D eigenvalue weighted by atomic mass is 10.0. The number of anilines is 1. The predicted octanol–water partition coefficient (Wildman–Crippen LogP) is 4.07. The standard InChI is InChI=1S/C14H20BrClN2/c1-2-7-17-12-5-8-18(9-6-12)14-10-11(16)3-4-13(14)15/h3-4,10,12,17H,2,5-9H2,1H3. The number of benzene rings is 1. The van der Waals surface area contributed by atoms with Gasteiger partial charge in [0.05, 0.1) is 5.69 Å². The lowest BCUT2D eigenvalue weighted by Gasteiger charge is -2.34. The van der Waals surface area contributed by atoms with Gasteiger partial charge in [0.2, 0.25) is 0 Å². The van der Waals surface area contributed by atoms with Gasteiger partial charge in [-0.05, 0) is 59.9 Å². The molecule has 2 rings (SSSR count). The van der Waals surface area contributed by atoms with Crippen LogP contribution in [0.25, 0.3) is 0 Å². The van der Waals surface area contributed by atoms with Gasteiger partial charge >= 0.3 is 0 Å². The fourth-order valence-electron chi connectivity index (χ4n) is 2.40. The molecule has 4 heteroatoms. The fraction of sp³-hybridized carbons (Fsp3) is 0.571. The van der Waals surface area contributed by atoms with Crippen LogP contribution in [0, 0.1) is 0 Å². The van der Waals surface area contributed by atoms with Crippen LogP contribution in [0.4, 0.5) is 5.69 Å². The molecule has 1 aliphatic rings. The van der Waals surface area contributed by atoms with Crippen LogP contribution in [0.3, 0.4) is 0 Å². The topological polar surface area (TPSA) is 15.3 Å². The number of nitrogens with zero attached hydrogens (tertiary/aromatic N) is 1. The molecule has 1 heterocycles. The molecular weight excluding hydrogens is 312 g/mol. The monoisotopic (exact) mass is 330 g/mol. The first-order valence-corrected chi connectivity index (χ1v) is 7.81. The molecule has 0 aliphatic carbocycles. The summed E-state index contributed by atoms with van der Waals surface area (Å²) in [5.41, 5.74) is 1.22. The zero-order valence-corrected chi connectivity index (χ0v) is 13.1. The second-order valence-corrected chi connectivity index (χ2v) is 6.10. The van der Waals surface area contributed by atoms with Crippen molar-refractivity contribution in [3.63, 3.8) is 0 Å². The van der Waals surface area contributed by atoms with Crippen molar-refractivity contribution >= 4 is 33.2 Å². The van der Waals surface area contributed by atoms with E-state index >= 15 is 0 Å². The number of halogens is 2. The van der Waals surface area contributed by atoms with Crippen molar-refractivity contribution in [1.82, 2.24) is 5.32 Å². The number of hydrogen-bond acceptors (Lipinski definition) is 2. The van der Waals surface area contributed by atoms with Gasteiger partial charge in [0, 0.05) is 28.6 Å². The molecular formula is C14H20BrClN2. The second kappa shape index (κ2) is 6.78. The molecule has 18 heavy (non-hydrogen) atoms. The largest absolute Gasteiger partial charge is 0.370 e. The van der Waals surface area contributed by atoms with Gasteiger partial charge in [-0.2, -0.15) is 0 Å². The molecule has 0 bridgehead atoms. The van der Waals surface area contributed by atoms with Crippen molar-refractivity contribution in [2.75, 3.05) is 24.5 Å². The average molecular weight is 332 g/mol. The summed E-state index contributed by atoms with van der Waals surface area (Å²) in [7, 11) is 0. The maximum absolute atomic E-state index is 6.07. The Kier molecular flexibility index (Phi) is 5.34. The minimum Gasteiger partial charge on any atom is -0.370 e. The van der Waals surface area contributed by atoms with E-state index in [1.54, 1.807) is 0 Å². The number of rotatable bonds is 4. The van der Waals surface area contributed by atoms with Crippen LogP contribution in [0.2, 0.25) is 5.02 Å². The lowest BCUT2D eigenvalue weighted by Crippen LogP contribution is -2.42. The summed E-state index contributed by atoms with van der Waals surface area (Å²) >= 11 is 9.68. The Bertz CT molecular complexity index is 389. The van der Waals surface area contributed by atoms with E-state index in [1.807, 2.05) is 18.2 Å².